The second-order valence-electron chi connectivity index (χ2n) is 3.51. The molecule has 17 heavy (non-hydrogen) atoms. The topological polar surface area (TPSA) is 61.0 Å². The van der Waals surface area contributed by atoms with Crippen molar-refractivity contribution in [1.82, 2.24) is 9.97 Å². The summed E-state index contributed by atoms with van der Waals surface area (Å²) >= 11 is 0. The zero-order valence-electron chi connectivity index (χ0n) is 9.30. The monoisotopic (exact) mass is 233 g/mol. The molecule has 0 saturated carbocycles. The second-order valence-corrected chi connectivity index (χ2v) is 3.51. The number of rotatable bonds is 3. The average molecular weight is 233 g/mol. The summed E-state index contributed by atoms with van der Waals surface area (Å²) in [5.41, 5.74) is 6.94. The first-order valence-corrected chi connectivity index (χ1v) is 5.07. The summed E-state index contributed by atoms with van der Waals surface area (Å²) in [6.45, 7) is 0. The van der Waals surface area contributed by atoms with Gasteiger partial charge in [-0.25, -0.2) is 14.4 Å². The second kappa shape index (κ2) is 4.88. The van der Waals surface area contributed by atoms with E-state index in [0.717, 1.165) is 0 Å². The Morgan fingerprint density at radius 2 is 2.00 bits per heavy atom. The van der Waals surface area contributed by atoms with Crippen molar-refractivity contribution in [2.75, 3.05) is 7.11 Å². The minimum atomic E-state index is -0.646. The van der Waals surface area contributed by atoms with E-state index in [1.54, 1.807) is 24.5 Å². The van der Waals surface area contributed by atoms with E-state index < -0.39 is 11.9 Å². The van der Waals surface area contributed by atoms with E-state index in [2.05, 4.69) is 9.97 Å². The molecule has 1 unspecified atom stereocenters. The molecule has 0 spiro atoms. The van der Waals surface area contributed by atoms with Crippen LogP contribution in [0.1, 0.15) is 17.2 Å². The fraction of sp³-hybridized carbons (Fsp3) is 0.167. The van der Waals surface area contributed by atoms with E-state index in [9.17, 15) is 4.39 Å². The zero-order chi connectivity index (χ0) is 12.3. The third-order valence-electron chi connectivity index (χ3n) is 2.48. The first-order chi connectivity index (χ1) is 8.24. The molecule has 0 bridgehead atoms. The summed E-state index contributed by atoms with van der Waals surface area (Å²) in [7, 11) is 1.48. The highest BCUT2D eigenvalue weighted by molar-refractivity contribution is 5.41. The van der Waals surface area contributed by atoms with E-state index >= 15 is 0 Å². The molecule has 2 N–H and O–H groups in total. The fourth-order valence-corrected chi connectivity index (χ4v) is 1.63. The quantitative estimate of drug-likeness (QED) is 0.876. The number of hydrogen-bond acceptors (Lipinski definition) is 4. The summed E-state index contributed by atoms with van der Waals surface area (Å²) < 4.78 is 18.9. The van der Waals surface area contributed by atoms with Crippen LogP contribution < -0.4 is 10.5 Å². The number of halogens is 1. The van der Waals surface area contributed by atoms with Crippen LogP contribution in [0.5, 0.6) is 5.75 Å². The number of nitrogens with two attached hydrogens (primary N) is 1. The standard InChI is InChI=1S/C12H12FN3O/c1-17-10-4-2-3-9(13)11(10)12(14)8-5-15-7-16-6-8/h2-7,12H,14H2,1H3. The van der Waals surface area contributed by atoms with Crippen molar-refractivity contribution in [2.24, 2.45) is 5.73 Å². The van der Waals surface area contributed by atoms with Gasteiger partial charge >= 0.3 is 0 Å². The van der Waals surface area contributed by atoms with Gasteiger partial charge in [0.05, 0.1) is 18.7 Å². The van der Waals surface area contributed by atoms with Crippen LogP contribution in [0, 0.1) is 5.82 Å². The highest BCUT2D eigenvalue weighted by atomic mass is 19.1. The molecule has 1 aromatic carbocycles. The van der Waals surface area contributed by atoms with Crippen molar-refractivity contribution >= 4 is 0 Å². The Hall–Kier alpha value is -2.01. The minimum Gasteiger partial charge on any atom is -0.496 e. The van der Waals surface area contributed by atoms with Gasteiger partial charge in [0.1, 0.15) is 17.9 Å². The predicted octanol–water partition coefficient (Wildman–Crippen LogP) is 1.67. The SMILES string of the molecule is COc1cccc(F)c1C(N)c1cncnc1. The molecule has 4 nitrogen and oxygen atoms in total. The Bertz CT molecular complexity index is 504. The van der Waals surface area contributed by atoms with Crippen LogP contribution in [-0.2, 0) is 0 Å². The Morgan fingerprint density at radius 3 is 2.65 bits per heavy atom. The third-order valence-corrected chi connectivity index (χ3v) is 2.48. The number of ether oxygens (including phenoxy) is 1. The van der Waals surface area contributed by atoms with Crippen molar-refractivity contribution in [1.29, 1.82) is 0 Å². The van der Waals surface area contributed by atoms with Gasteiger partial charge in [-0.05, 0) is 12.1 Å². The molecule has 1 heterocycles. The molecule has 0 aliphatic rings. The Kier molecular flexibility index (Phi) is 3.30. The number of benzene rings is 1. The van der Waals surface area contributed by atoms with E-state index in [4.69, 9.17) is 10.5 Å². The van der Waals surface area contributed by atoms with Gasteiger partial charge < -0.3 is 10.5 Å². The Balaban J connectivity index is 2.47. The number of methoxy groups -OCH3 is 1. The smallest absolute Gasteiger partial charge is 0.132 e. The highest BCUT2D eigenvalue weighted by Crippen LogP contribution is 2.29. The van der Waals surface area contributed by atoms with Gasteiger partial charge in [0.25, 0.3) is 0 Å². The maximum atomic E-state index is 13.8. The van der Waals surface area contributed by atoms with Gasteiger partial charge in [0.2, 0.25) is 0 Å². The summed E-state index contributed by atoms with van der Waals surface area (Å²) in [5, 5.41) is 0. The van der Waals surface area contributed by atoms with E-state index in [-0.39, 0.29) is 0 Å². The molecule has 88 valence electrons. The molecule has 0 fully saturated rings. The van der Waals surface area contributed by atoms with Crippen LogP contribution in [0.4, 0.5) is 4.39 Å². The summed E-state index contributed by atoms with van der Waals surface area (Å²) in [5.74, 6) is 0.0158. The van der Waals surface area contributed by atoms with Gasteiger partial charge in [-0.15, -0.1) is 0 Å². The first kappa shape index (κ1) is 11.5. The highest BCUT2D eigenvalue weighted by Gasteiger charge is 2.18. The Labute approximate surface area is 98.3 Å². The maximum absolute atomic E-state index is 13.8. The number of nitrogens with zero attached hydrogens (tertiary/aromatic N) is 2. The summed E-state index contributed by atoms with van der Waals surface area (Å²) in [6.07, 6.45) is 4.52. The van der Waals surface area contributed by atoms with Crippen LogP contribution in [0.2, 0.25) is 0 Å². The van der Waals surface area contributed by atoms with Gasteiger partial charge in [-0.3, -0.25) is 0 Å². The molecule has 0 aliphatic heterocycles. The molecule has 0 aliphatic carbocycles. The van der Waals surface area contributed by atoms with Crippen LogP contribution in [0.15, 0.2) is 36.9 Å². The van der Waals surface area contributed by atoms with E-state index in [0.29, 0.717) is 16.9 Å². The Morgan fingerprint density at radius 1 is 1.29 bits per heavy atom. The van der Waals surface area contributed by atoms with Crippen LogP contribution >= 0.6 is 0 Å². The molecule has 2 aromatic rings. The number of hydrogen-bond donors (Lipinski definition) is 1. The molecular weight excluding hydrogens is 221 g/mol. The zero-order valence-corrected chi connectivity index (χ0v) is 9.30. The van der Waals surface area contributed by atoms with Crippen molar-refractivity contribution in [3.63, 3.8) is 0 Å². The predicted molar refractivity (Wildman–Crippen MR) is 61.0 cm³/mol. The van der Waals surface area contributed by atoms with Gasteiger partial charge in [-0.1, -0.05) is 6.07 Å². The van der Waals surface area contributed by atoms with Crippen LogP contribution in [-0.4, -0.2) is 17.1 Å². The summed E-state index contributed by atoms with van der Waals surface area (Å²) in [6, 6.07) is 3.95. The molecule has 0 saturated heterocycles. The normalized spacial score (nSPS) is 12.2. The van der Waals surface area contributed by atoms with Gasteiger partial charge in [-0.2, -0.15) is 0 Å². The lowest BCUT2D eigenvalue weighted by atomic mass is 10.0. The van der Waals surface area contributed by atoms with Crippen molar-refractivity contribution in [3.8, 4) is 5.75 Å². The fourth-order valence-electron chi connectivity index (χ4n) is 1.63. The maximum Gasteiger partial charge on any atom is 0.132 e. The summed E-state index contributed by atoms with van der Waals surface area (Å²) in [4.78, 5) is 7.72. The van der Waals surface area contributed by atoms with E-state index in [1.807, 2.05) is 0 Å². The van der Waals surface area contributed by atoms with Crippen molar-refractivity contribution < 1.29 is 9.13 Å². The molecule has 5 heteroatoms. The lowest BCUT2D eigenvalue weighted by molar-refractivity contribution is 0.402. The van der Waals surface area contributed by atoms with Crippen LogP contribution in [0.25, 0.3) is 0 Å². The van der Waals surface area contributed by atoms with Crippen molar-refractivity contribution in [2.45, 2.75) is 6.04 Å². The number of aromatic nitrogens is 2. The lowest BCUT2D eigenvalue weighted by Gasteiger charge is -2.16. The average Bonchev–Trinajstić information content (AvgIpc) is 2.38. The molecule has 0 radical (unpaired) electrons. The van der Waals surface area contributed by atoms with Crippen molar-refractivity contribution in [3.05, 3.63) is 53.9 Å². The van der Waals surface area contributed by atoms with Crippen LogP contribution in [0.3, 0.4) is 0 Å². The van der Waals surface area contributed by atoms with Gasteiger partial charge in [0.15, 0.2) is 0 Å². The molecule has 1 atom stereocenters. The lowest BCUT2D eigenvalue weighted by Crippen LogP contribution is -2.15. The molecule has 1 aromatic heterocycles. The van der Waals surface area contributed by atoms with E-state index in [1.165, 1.54) is 19.5 Å². The molecule has 0 amide bonds. The first-order valence-electron chi connectivity index (χ1n) is 5.07. The third kappa shape index (κ3) is 2.24. The van der Waals surface area contributed by atoms with Gasteiger partial charge in [0, 0.05) is 18.0 Å². The largest absolute Gasteiger partial charge is 0.496 e. The molecule has 2 rings (SSSR count). The molecular formula is C12H12FN3O. The minimum absolute atomic E-state index is 0.310.